The highest BCUT2D eigenvalue weighted by atomic mass is 15.4. The minimum Gasteiger partial charge on any atom is -0.323 e. The Bertz CT molecular complexity index is 510. The Hall–Kier alpha value is -1.68. The molecular formula is C14H20N4. The van der Waals surface area contributed by atoms with E-state index in [4.69, 9.17) is 5.73 Å². The van der Waals surface area contributed by atoms with Gasteiger partial charge >= 0.3 is 0 Å². The molecule has 1 unspecified atom stereocenters. The average Bonchev–Trinajstić information content (AvgIpc) is 2.81. The number of aryl methyl sites for hydroxylation is 2. The summed E-state index contributed by atoms with van der Waals surface area (Å²) in [6.45, 7) is 7.05. The van der Waals surface area contributed by atoms with Crippen molar-refractivity contribution in [2.75, 3.05) is 0 Å². The van der Waals surface area contributed by atoms with E-state index in [1.165, 1.54) is 16.7 Å². The molecule has 0 amide bonds. The van der Waals surface area contributed by atoms with Gasteiger partial charge in [-0.1, -0.05) is 30.3 Å². The molecule has 1 aromatic heterocycles. The van der Waals surface area contributed by atoms with Crippen LogP contribution < -0.4 is 5.73 Å². The number of aromatic nitrogens is 3. The number of hydrogen-bond acceptors (Lipinski definition) is 3. The molecule has 4 nitrogen and oxygen atoms in total. The number of nitrogens with zero attached hydrogens (tertiary/aromatic N) is 3. The van der Waals surface area contributed by atoms with Gasteiger partial charge in [-0.15, -0.1) is 5.10 Å². The second-order valence-corrected chi connectivity index (χ2v) is 4.73. The molecule has 0 saturated heterocycles. The first kappa shape index (κ1) is 12.8. The number of benzene rings is 1. The van der Waals surface area contributed by atoms with Gasteiger partial charge in [-0.25, -0.2) is 4.68 Å². The van der Waals surface area contributed by atoms with Crippen LogP contribution in [0.4, 0.5) is 0 Å². The van der Waals surface area contributed by atoms with E-state index in [1.807, 2.05) is 10.9 Å². The van der Waals surface area contributed by atoms with Gasteiger partial charge < -0.3 is 5.73 Å². The predicted octanol–water partition coefficient (Wildman–Crippen LogP) is 2.35. The topological polar surface area (TPSA) is 56.7 Å². The lowest BCUT2D eigenvalue weighted by atomic mass is 10.0. The Morgan fingerprint density at radius 1 is 1.28 bits per heavy atom. The summed E-state index contributed by atoms with van der Waals surface area (Å²) in [7, 11) is 0. The first-order valence-electron chi connectivity index (χ1n) is 6.32. The molecule has 0 radical (unpaired) electrons. The summed E-state index contributed by atoms with van der Waals surface area (Å²) in [4.78, 5) is 0. The lowest BCUT2D eigenvalue weighted by Crippen LogP contribution is -2.09. The maximum Gasteiger partial charge on any atom is 0.0994 e. The van der Waals surface area contributed by atoms with Gasteiger partial charge in [0.25, 0.3) is 0 Å². The van der Waals surface area contributed by atoms with Crippen LogP contribution in [0.1, 0.15) is 41.8 Å². The van der Waals surface area contributed by atoms with E-state index in [-0.39, 0.29) is 6.04 Å². The van der Waals surface area contributed by atoms with Crippen LogP contribution in [0.25, 0.3) is 0 Å². The van der Waals surface area contributed by atoms with Crippen LogP contribution in [0.2, 0.25) is 0 Å². The molecule has 0 aliphatic rings. The normalized spacial score (nSPS) is 12.7. The molecule has 2 rings (SSSR count). The van der Waals surface area contributed by atoms with E-state index in [0.29, 0.717) is 0 Å². The second-order valence-electron chi connectivity index (χ2n) is 4.73. The first-order chi connectivity index (χ1) is 8.61. The average molecular weight is 244 g/mol. The van der Waals surface area contributed by atoms with Crippen LogP contribution in [0.5, 0.6) is 0 Å². The molecular weight excluding hydrogens is 224 g/mol. The molecule has 2 N–H and O–H groups in total. The predicted molar refractivity (Wildman–Crippen MR) is 72.3 cm³/mol. The van der Waals surface area contributed by atoms with Gasteiger partial charge in [-0.2, -0.15) is 0 Å². The van der Waals surface area contributed by atoms with Crippen molar-refractivity contribution in [1.82, 2.24) is 15.0 Å². The molecule has 1 heterocycles. The highest BCUT2D eigenvalue weighted by molar-refractivity contribution is 5.33. The Balaban J connectivity index is 2.21. The highest BCUT2D eigenvalue weighted by Crippen LogP contribution is 2.15. The summed E-state index contributed by atoms with van der Waals surface area (Å²) in [5.41, 5.74) is 10.7. The van der Waals surface area contributed by atoms with Crippen molar-refractivity contribution in [3.63, 3.8) is 0 Å². The van der Waals surface area contributed by atoms with Crippen LogP contribution in [0.15, 0.2) is 24.4 Å². The molecule has 0 aliphatic carbocycles. The van der Waals surface area contributed by atoms with Crippen LogP contribution in [0.3, 0.4) is 0 Å². The Kier molecular flexibility index (Phi) is 3.77. The van der Waals surface area contributed by atoms with Crippen molar-refractivity contribution in [2.24, 2.45) is 5.73 Å². The van der Waals surface area contributed by atoms with Gasteiger partial charge in [0, 0.05) is 0 Å². The first-order valence-corrected chi connectivity index (χ1v) is 6.32. The fourth-order valence-electron chi connectivity index (χ4n) is 2.03. The molecule has 0 spiro atoms. The molecule has 0 bridgehead atoms. The molecule has 4 heteroatoms. The minimum absolute atomic E-state index is 0.0169. The van der Waals surface area contributed by atoms with Gasteiger partial charge in [-0.3, -0.25) is 0 Å². The third-order valence-corrected chi connectivity index (χ3v) is 3.34. The molecule has 96 valence electrons. The van der Waals surface area contributed by atoms with E-state index in [1.54, 1.807) is 0 Å². The summed E-state index contributed by atoms with van der Waals surface area (Å²) in [6.07, 6.45) is 2.82. The SMILES string of the molecule is CCC(N)c1cn(Cc2c(C)cccc2C)nn1. The largest absolute Gasteiger partial charge is 0.323 e. The van der Waals surface area contributed by atoms with Crippen molar-refractivity contribution < 1.29 is 0 Å². The third-order valence-electron chi connectivity index (χ3n) is 3.34. The molecule has 0 fully saturated rings. The highest BCUT2D eigenvalue weighted by Gasteiger charge is 2.09. The monoisotopic (exact) mass is 244 g/mol. The zero-order chi connectivity index (χ0) is 13.1. The van der Waals surface area contributed by atoms with Crippen LogP contribution in [0, 0.1) is 13.8 Å². The summed E-state index contributed by atoms with van der Waals surface area (Å²) in [6, 6.07) is 6.31. The van der Waals surface area contributed by atoms with Crippen LogP contribution >= 0.6 is 0 Å². The zero-order valence-corrected chi connectivity index (χ0v) is 11.2. The maximum absolute atomic E-state index is 5.94. The van der Waals surface area contributed by atoms with E-state index in [9.17, 15) is 0 Å². The number of hydrogen-bond donors (Lipinski definition) is 1. The molecule has 1 aromatic carbocycles. The number of nitrogens with two attached hydrogens (primary N) is 1. The molecule has 18 heavy (non-hydrogen) atoms. The smallest absolute Gasteiger partial charge is 0.0994 e. The number of rotatable bonds is 4. The fraction of sp³-hybridized carbons (Fsp3) is 0.429. The standard InChI is InChI=1S/C14H20N4/c1-4-13(15)14-9-18(17-16-14)8-12-10(2)6-5-7-11(12)3/h5-7,9,13H,4,8,15H2,1-3H3. The van der Waals surface area contributed by atoms with Crippen LogP contribution in [-0.2, 0) is 6.54 Å². The van der Waals surface area contributed by atoms with E-state index in [2.05, 4.69) is 49.3 Å². The quantitative estimate of drug-likeness (QED) is 0.898. The van der Waals surface area contributed by atoms with Gasteiger partial charge in [0.15, 0.2) is 0 Å². The Labute approximate surface area is 108 Å². The summed E-state index contributed by atoms with van der Waals surface area (Å²) < 4.78 is 1.86. The summed E-state index contributed by atoms with van der Waals surface area (Å²) in [5, 5.41) is 8.28. The van der Waals surface area contributed by atoms with E-state index >= 15 is 0 Å². The van der Waals surface area contributed by atoms with E-state index < -0.39 is 0 Å². The van der Waals surface area contributed by atoms with Gasteiger partial charge in [0.1, 0.15) is 0 Å². The molecule has 2 aromatic rings. The fourth-order valence-corrected chi connectivity index (χ4v) is 2.03. The van der Waals surface area contributed by atoms with Crippen molar-refractivity contribution >= 4 is 0 Å². The Morgan fingerprint density at radius 3 is 2.56 bits per heavy atom. The zero-order valence-electron chi connectivity index (χ0n) is 11.2. The summed E-state index contributed by atoms with van der Waals surface area (Å²) >= 11 is 0. The lowest BCUT2D eigenvalue weighted by molar-refractivity contribution is 0.641. The van der Waals surface area contributed by atoms with E-state index in [0.717, 1.165) is 18.7 Å². The van der Waals surface area contributed by atoms with Crippen molar-refractivity contribution in [3.05, 3.63) is 46.8 Å². The van der Waals surface area contributed by atoms with Crippen molar-refractivity contribution in [2.45, 2.75) is 39.8 Å². The van der Waals surface area contributed by atoms with Crippen molar-refractivity contribution in [3.8, 4) is 0 Å². The third kappa shape index (κ3) is 2.59. The summed E-state index contributed by atoms with van der Waals surface area (Å²) in [5.74, 6) is 0. The minimum atomic E-state index is -0.0169. The molecule has 0 saturated carbocycles. The maximum atomic E-state index is 5.94. The van der Waals surface area contributed by atoms with Crippen LogP contribution in [-0.4, -0.2) is 15.0 Å². The van der Waals surface area contributed by atoms with Gasteiger partial charge in [0.2, 0.25) is 0 Å². The molecule has 0 aliphatic heterocycles. The lowest BCUT2D eigenvalue weighted by Gasteiger charge is -2.09. The van der Waals surface area contributed by atoms with Crippen molar-refractivity contribution in [1.29, 1.82) is 0 Å². The van der Waals surface area contributed by atoms with Gasteiger partial charge in [0.05, 0.1) is 24.5 Å². The second kappa shape index (κ2) is 5.31. The molecule has 1 atom stereocenters. The van der Waals surface area contributed by atoms with Gasteiger partial charge in [-0.05, 0) is 37.0 Å². The Morgan fingerprint density at radius 2 is 1.94 bits per heavy atom.